The summed E-state index contributed by atoms with van der Waals surface area (Å²) >= 11 is 7.69. The molecule has 0 radical (unpaired) electrons. The zero-order valence-electron chi connectivity index (χ0n) is 15.8. The number of hydrogen-bond acceptors (Lipinski definition) is 5. The lowest BCUT2D eigenvalue weighted by Gasteiger charge is -2.12. The summed E-state index contributed by atoms with van der Waals surface area (Å²) in [5.74, 6) is 3.85. The quantitative estimate of drug-likeness (QED) is 0.487. The van der Waals surface area contributed by atoms with Crippen LogP contribution in [0.2, 0.25) is 5.15 Å². The van der Waals surface area contributed by atoms with Crippen LogP contribution in [0.4, 0.5) is 0 Å². The molecule has 0 atom stereocenters. The number of ether oxygens (including phenoxy) is 1. The molecule has 0 fully saturated rings. The predicted molar refractivity (Wildman–Crippen MR) is 108 cm³/mol. The minimum absolute atomic E-state index is 0.393. The molecule has 6 nitrogen and oxygen atoms in total. The fourth-order valence-corrected chi connectivity index (χ4v) is 3.62. The molecule has 1 aromatic carbocycles. The van der Waals surface area contributed by atoms with Crippen molar-refractivity contribution in [2.45, 2.75) is 44.3 Å². The van der Waals surface area contributed by atoms with Gasteiger partial charge in [0.15, 0.2) is 11.0 Å². The normalized spacial score (nSPS) is 11.3. The standard InChI is InChI=1S/C19H24ClN5OS/c1-14(2)9-10-25-17(12-26-15-7-5-4-6-8-15)22-23-19(25)27-13-18-21-11-16(20)24(18)3/h4-8,11,14H,9-10,12-13H2,1-3H3. The molecule has 0 aliphatic heterocycles. The fourth-order valence-electron chi connectivity index (χ4n) is 2.50. The Hall–Kier alpha value is -1.99. The van der Waals surface area contributed by atoms with Crippen LogP contribution in [0.1, 0.15) is 31.9 Å². The van der Waals surface area contributed by atoms with Gasteiger partial charge in [0.2, 0.25) is 0 Å². The molecule has 27 heavy (non-hydrogen) atoms. The molecule has 3 rings (SSSR count). The van der Waals surface area contributed by atoms with Crippen LogP contribution in [0, 0.1) is 5.92 Å². The maximum absolute atomic E-state index is 6.07. The Bertz CT molecular complexity index is 862. The third-order valence-electron chi connectivity index (χ3n) is 4.19. The van der Waals surface area contributed by atoms with Gasteiger partial charge >= 0.3 is 0 Å². The number of rotatable bonds is 9. The number of thioether (sulfide) groups is 1. The number of hydrogen-bond donors (Lipinski definition) is 0. The maximum Gasteiger partial charge on any atom is 0.191 e. The molecule has 144 valence electrons. The highest BCUT2D eigenvalue weighted by Gasteiger charge is 2.15. The van der Waals surface area contributed by atoms with Crippen LogP contribution in [0.5, 0.6) is 5.75 Å². The Kier molecular flexibility index (Phi) is 6.79. The van der Waals surface area contributed by atoms with Gasteiger partial charge in [0.25, 0.3) is 0 Å². The third kappa shape index (κ3) is 5.26. The number of halogens is 1. The number of benzene rings is 1. The number of aromatic nitrogens is 5. The Morgan fingerprint density at radius 3 is 2.59 bits per heavy atom. The van der Waals surface area contributed by atoms with Crippen LogP contribution < -0.4 is 4.74 Å². The van der Waals surface area contributed by atoms with Gasteiger partial charge in [-0.3, -0.25) is 0 Å². The van der Waals surface area contributed by atoms with Crippen molar-refractivity contribution in [2.24, 2.45) is 13.0 Å². The summed E-state index contributed by atoms with van der Waals surface area (Å²) in [4.78, 5) is 4.35. The molecule has 2 heterocycles. The van der Waals surface area contributed by atoms with Crippen molar-refractivity contribution < 1.29 is 4.74 Å². The summed E-state index contributed by atoms with van der Waals surface area (Å²) in [6.07, 6.45) is 2.72. The first-order valence-electron chi connectivity index (χ1n) is 8.93. The second-order valence-corrected chi connectivity index (χ2v) is 8.01. The number of para-hydroxylation sites is 1. The summed E-state index contributed by atoms with van der Waals surface area (Å²) in [5.41, 5.74) is 0. The van der Waals surface area contributed by atoms with Crippen LogP contribution >= 0.6 is 23.4 Å². The molecule has 0 bridgehead atoms. The first kappa shape index (κ1) is 19.8. The lowest BCUT2D eigenvalue weighted by Crippen LogP contribution is -2.10. The molecule has 0 aliphatic rings. The SMILES string of the molecule is CC(C)CCn1c(COc2ccccc2)nnc1SCc1ncc(Cl)n1C. The van der Waals surface area contributed by atoms with E-state index in [1.165, 1.54) is 0 Å². The van der Waals surface area contributed by atoms with Crippen molar-refractivity contribution in [2.75, 3.05) is 0 Å². The van der Waals surface area contributed by atoms with Gasteiger partial charge in [0, 0.05) is 13.6 Å². The first-order chi connectivity index (χ1) is 13.0. The third-order valence-corrected chi connectivity index (χ3v) is 5.51. The van der Waals surface area contributed by atoms with Crippen molar-refractivity contribution in [1.82, 2.24) is 24.3 Å². The Balaban J connectivity index is 1.72. The molecule has 8 heteroatoms. The minimum Gasteiger partial charge on any atom is -0.486 e. The van der Waals surface area contributed by atoms with Gasteiger partial charge in [0.05, 0.1) is 11.9 Å². The Morgan fingerprint density at radius 1 is 1.15 bits per heavy atom. The van der Waals surface area contributed by atoms with Crippen molar-refractivity contribution in [3.63, 3.8) is 0 Å². The molecule has 0 spiro atoms. The van der Waals surface area contributed by atoms with Gasteiger partial charge in [-0.15, -0.1) is 10.2 Å². The molecule has 0 aliphatic carbocycles. The summed E-state index contributed by atoms with van der Waals surface area (Å²) < 4.78 is 9.90. The predicted octanol–water partition coefficient (Wildman–Crippen LogP) is 4.58. The fraction of sp³-hybridized carbons (Fsp3) is 0.421. The zero-order valence-corrected chi connectivity index (χ0v) is 17.4. The number of imidazole rings is 1. The van der Waals surface area contributed by atoms with E-state index >= 15 is 0 Å². The van der Waals surface area contributed by atoms with Gasteiger partial charge in [-0.25, -0.2) is 4.98 Å². The van der Waals surface area contributed by atoms with Crippen molar-refractivity contribution >= 4 is 23.4 Å². The van der Waals surface area contributed by atoms with Crippen molar-refractivity contribution in [3.05, 3.63) is 53.3 Å². The average molecular weight is 406 g/mol. The van der Waals surface area contributed by atoms with Gasteiger partial charge in [-0.05, 0) is 24.5 Å². The van der Waals surface area contributed by atoms with Crippen LogP contribution in [0.25, 0.3) is 0 Å². The van der Waals surface area contributed by atoms with Gasteiger partial charge in [-0.1, -0.05) is 55.4 Å². The van der Waals surface area contributed by atoms with E-state index in [0.29, 0.717) is 23.4 Å². The summed E-state index contributed by atoms with van der Waals surface area (Å²) in [6, 6.07) is 9.76. The van der Waals surface area contributed by atoms with E-state index in [1.54, 1.807) is 18.0 Å². The van der Waals surface area contributed by atoms with Crippen LogP contribution in [-0.2, 0) is 26.0 Å². The van der Waals surface area contributed by atoms with E-state index in [2.05, 4.69) is 33.6 Å². The number of nitrogens with zero attached hydrogens (tertiary/aromatic N) is 5. The second-order valence-electron chi connectivity index (χ2n) is 6.68. The lowest BCUT2D eigenvalue weighted by molar-refractivity contribution is 0.285. The second kappa shape index (κ2) is 9.28. The topological polar surface area (TPSA) is 57.8 Å². The van der Waals surface area contributed by atoms with Crippen LogP contribution in [0.3, 0.4) is 0 Å². The summed E-state index contributed by atoms with van der Waals surface area (Å²) in [7, 11) is 1.91. The highest BCUT2D eigenvalue weighted by molar-refractivity contribution is 7.98. The summed E-state index contributed by atoms with van der Waals surface area (Å²) in [5, 5.41) is 10.3. The van der Waals surface area contributed by atoms with Crippen LogP contribution in [-0.4, -0.2) is 24.3 Å². The Morgan fingerprint density at radius 2 is 1.93 bits per heavy atom. The highest BCUT2D eigenvalue weighted by atomic mass is 35.5. The van der Waals surface area contributed by atoms with E-state index in [0.717, 1.165) is 35.5 Å². The first-order valence-corrected chi connectivity index (χ1v) is 10.3. The van der Waals surface area contributed by atoms with E-state index in [4.69, 9.17) is 16.3 Å². The molecular weight excluding hydrogens is 382 g/mol. The summed E-state index contributed by atoms with van der Waals surface area (Å²) in [6.45, 7) is 5.69. The molecule has 0 N–H and O–H groups in total. The molecule has 0 amide bonds. The largest absolute Gasteiger partial charge is 0.486 e. The van der Waals surface area contributed by atoms with E-state index in [1.807, 2.05) is 41.9 Å². The van der Waals surface area contributed by atoms with E-state index in [9.17, 15) is 0 Å². The lowest BCUT2D eigenvalue weighted by atomic mass is 10.1. The zero-order chi connectivity index (χ0) is 19.2. The maximum atomic E-state index is 6.07. The Labute approximate surface area is 168 Å². The molecule has 3 aromatic rings. The monoisotopic (exact) mass is 405 g/mol. The molecule has 0 saturated heterocycles. The van der Waals surface area contributed by atoms with Gasteiger partial charge in [-0.2, -0.15) is 0 Å². The minimum atomic E-state index is 0.393. The van der Waals surface area contributed by atoms with E-state index < -0.39 is 0 Å². The van der Waals surface area contributed by atoms with Gasteiger partial charge < -0.3 is 13.9 Å². The van der Waals surface area contributed by atoms with Gasteiger partial charge in [0.1, 0.15) is 23.3 Å². The smallest absolute Gasteiger partial charge is 0.191 e. The van der Waals surface area contributed by atoms with Crippen LogP contribution in [0.15, 0.2) is 41.7 Å². The molecular formula is C19H24ClN5OS. The average Bonchev–Trinajstić information content (AvgIpc) is 3.20. The molecule has 2 aromatic heterocycles. The molecule has 0 saturated carbocycles. The van der Waals surface area contributed by atoms with Crippen molar-refractivity contribution in [1.29, 1.82) is 0 Å². The molecule has 0 unspecified atom stereocenters. The highest BCUT2D eigenvalue weighted by Crippen LogP contribution is 2.24. The van der Waals surface area contributed by atoms with Crippen molar-refractivity contribution in [3.8, 4) is 5.75 Å². The van der Waals surface area contributed by atoms with E-state index in [-0.39, 0.29) is 0 Å².